The second-order valence-electron chi connectivity index (χ2n) is 7.94. The van der Waals surface area contributed by atoms with Gasteiger partial charge in [-0.3, -0.25) is 4.98 Å². The van der Waals surface area contributed by atoms with E-state index in [1.165, 1.54) is 0 Å². The molecule has 3 nitrogen and oxygen atoms in total. The SMILES string of the molecule is [C-]#[N+]c1ccc(-c2ccc(-c3cccc4c3oc3c(-c5cccnc5)cccc34)cc2)cc1. The summed E-state index contributed by atoms with van der Waals surface area (Å²) < 4.78 is 6.51. The minimum absolute atomic E-state index is 0.651. The summed E-state index contributed by atoms with van der Waals surface area (Å²) in [7, 11) is 0. The maximum Gasteiger partial charge on any atom is 0.187 e. The molecular weight excluding hydrogens is 404 g/mol. The summed E-state index contributed by atoms with van der Waals surface area (Å²) in [6, 6.07) is 32.7. The lowest BCUT2D eigenvalue weighted by Gasteiger charge is -2.06. The molecule has 0 saturated heterocycles. The number of rotatable bonds is 3. The number of para-hydroxylation sites is 2. The van der Waals surface area contributed by atoms with Gasteiger partial charge in [-0.1, -0.05) is 91.0 Å². The predicted octanol–water partition coefficient (Wildman–Crippen LogP) is 8.53. The molecule has 0 spiro atoms. The van der Waals surface area contributed by atoms with Crippen molar-refractivity contribution in [1.29, 1.82) is 0 Å². The van der Waals surface area contributed by atoms with Gasteiger partial charge in [-0.15, -0.1) is 0 Å². The van der Waals surface area contributed by atoms with Gasteiger partial charge in [-0.2, -0.15) is 0 Å². The van der Waals surface area contributed by atoms with Gasteiger partial charge in [0.1, 0.15) is 11.2 Å². The Balaban J connectivity index is 1.47. The zero-order chi connectivity index (χ0) is 22.2. The summed E-state index contributed by atoms with van der Waals surface area (Å²) in [4.78, 5) is 7.74. The fourth-order valence-electron chi connectivity index (χ4n) is 4.37. The van der Waals surface area contributed by atoms with Crippen LogP contribution in [0.4, 0.5) is 5.69 Å². The summed E-state index contributed by atoms with van der Waals surface area (Å²) in [5, 5.41) is 2.21. The van der Waals surface area contributed by atoms with E-state index < -0.39 is 0 Å². The van der Waals surface area contributed by atoms with Crippen LogP contribution in [0.3, 0.4) is 0 Å². The molecule has 0 saturated carbocycles. The first kappa shape index (κ1) is 19.0. The molecule has 0 N–H and O–H groups in total. The number of hydrogen-bond donors (Lipinski definition) is 0. The minimum atomic E-state index is 0.651. The molecule has 0 aliphatic heterocycles. The van der Waals surface area contributed by atoms with Crippen LogP contribution in [0.1, 0.15) is 0 Å². The van der Waals surface area contributed by atoms with Gasteiger partial charge in [0.25, 0.3) is 0 Å². The standard InChI is InChI=1S/C30H18N2O/c1-31-24-16-14-21(15-17-24)20-10-12-22(13-11-20)25-6-2-8-27-28-9-3-7-26(30(28)33-29(25)27)23-5-4-18-32-19-23/h2-19H. The first-order valence-electron chi connectivity index (χ1n) is 10.7. The monoisotopic (exact) mass is 422 g/mol. The summed E-state index contributed by atoms with van der Waals surface area (Å²) in [6.07, 6.45) is 3.65. The topological polar surface area (TPSA) is 30.4 Å². The average Bonchev–Trinajstić information content (AvgIpc) is 3.28. The van der Waals surface area contributed by atoms with Gasteiger partial charge in [0.05, 0.1) is 6.57 Å². The van der Waals surface area contributed by atoms with Crippen LogP contribution >= 0.6 is 0 Å². The Kier molecular flexibility index (Phi) is 4.49. The highest BCUT2D eigenvalue weighted by atomic mass is 16.3. The smallest absolute Gasteiger partial charge is 0.187 e. The third-order valence-electron chi connectivity index (χ3n) is 6.02. The second kappa shape index (κ2) is 7.78. The van der Waals surface area contributed by atoms with Crippen molar-refractivity contribution < 1.29 is 4.42 Å². The number of fused-ring (bicyclic) bond motifs is 3. The van der Waals surface area contributed by atoms with Crippen LogP contribution in [-0.4, -0.2) is 4.98 Å². The van der Waals surface area contributed by atoms with Crippen molar-refractivity contribution in [2.75, 3.05) is 0 Å². The van der Waals surface area contributed by atoms with Crippen LogP contribution in [0.15, 0.2) is 114 Å². The molecule has 2 heterocycles. The molecule has 3 heteroatoms. The zero-order valence-electron chi connectivity index (χ0n) is 17.7. The van der Waals surface area contributed by atoms with E-state index >= 15 is 0 Å². The lowest BCUT2D eigenvalue weighted by molar-refractivity contribution is 0.671. The van der Waals surface area contributed by atoms with E-state index in [0.29, 0.717) is 5.69 Å². The van der Waals surface area contributed by atoms with Gasteiger partial charge in [0, 0.05) is 39.9 Å². The van der Waals surface area contributed by atoms with E-state index in [2.05, 4.69) is 76.6 Å². The molecule has 2 aromatic heterocycles. The Morgan fingerprint density at radius 1 is 0.576 bits per heavy atom. The zero-order valence-corrected chi connectivity index (χ0v) is 17.7. The fourth-order valence-corrected chi connectivity index (χ4v) is 4.37. The largest absolute Gasteiger partial charge is 0.455 e. The van der Waals surface area contributed by atoms with Crippen molar-refractivity contribution >= 4 is 27.6 Å². The molecule has 0 atom stereocenters. The normalized spacial score (nSPS) is 11.0. The van der Waals surface area contributed by atoms with Gasteiger partial charge >= 0.3 is 0 Å². The number of nitrogens with zero attached hydrogens (tertiary/aromatic N) is 2. The molecule has 0 radical (unpaired) electrons. The highest BCUT2D eigenvalue weighted by molar-refractivity contribution is 6.13. The maximum absolute atomic E-state index is 7.12. The number of furan rings is 1. The quantitative estimate of drug-likeness (QED) is 0.268. The Morgan fingerprint density at radius 2 is 1.15 bits per heavy atom. The molecule has 6 aromatic rings. The molecule has 0 bridgehead atoms. The summed E-state index contributed by atoms with van der Waals surface area (Å²) in [5.41, 5.74) is 8.88. The van der Waals surface area contributed by atoms with Crippen molar-refractivity contribution in [1.82, 2.24) is 4.98 Å². The average molecular weight is 422 g/mol. The molecule has 0 amide bonds. The Bertz CT molecular complexity index is 1640. The van der Waals surface area contributed by atoms with Crippen LogP contribution in [0.25, 0.3) is 60.2 Å². The Labute approximate surface area is 191 Å². The Hall–Kier alpha value is -4.68. The van der Waals surface area contributed by atoms with E-state index in [1.54, 1.807) is 6.20 Å². The summed E-state index contributed by atoms with van der Waals surface area (Å²) >= 11 is 0. The highest BCUT2D eigenvalue weighted by Gasteiger charge is 2.15. The fraction of sp³-hybridized carbons (Fsp3) is 0. The lowest BCUT2D eigenvalue weighted by atomic mass is 9.98. The number of aromatic nitrogens is 1. The van der Waals surface area contributed by atoms with Crippen LogP contribution in [0.5, 0.6) is 0 Å². The summed E-state index contributed by atoms with van der Waals surface area (Å²) in [6.45, 7) is 7.12. The number of pyridine rings is 1. The van der Waals surface area contributed by atoms with E-state index in [9.17, 15) is 0 Å². The van der Waals surface area contributed by atoms with Crippen molar-refractivity contribution in [3.05, 3.63) is 121 Å². The first-order valence-corrected chi connectivity index (χ1v) is 10.7. The van der Waals surface area contributed by atoms with Crippen LogP contribution < -0.4 is 0 Å². The highest BCUT2D eigenvalue weighted by Crippen LogP contribution is 2.39. The van der Waals surface area contributed by atoms with Crippen LogP contribution in [-0.2, 0) is 0 Å². The van der Waals surface area contributed by atoms with Gasteiger partial charge in [0.15, 0.2) is 5.69 Å². The van der Waals surface area contributed by atoms with Crippen molar-refractivity contribution in [2.24, 2.45) is 0 Å². The third kappa shape index (κ3) is 3.26. The number of hydrogen-bond acceptors (Lipinski definition) is 2. The predicted molar refractivity (Wildman–Crippen MR) is 134 cm³/mol. The van der Waals surface area contributed by atoms with E-state index in [0.717, 1.165) is 55.3 Å². The van der Waals surface area contributed by atoms with Crippen molar-refractivity contribution in [2.45, 2.75) is 0 Å². The minimum Gasteiger partial charge on any atom is -0.455 e. The molecule has 154 valence electrons. The molecule has 4 aromatic carbocycles. The third-order valence-corrected chi connectivity index (χ3v) is 6.02. The van der Waals surface area contributed by atoms with Gasteiger partial charge < -0.3 is 4.42 Å². The van der Waals surface area contributed by atoms with E-state index in [-0.39, 0.29) is 0 Å². The van der Waals surface area contributed by atoms with E-state index in [4.69, 9.17) is 11.0 Å². The van der Waals surface area contributed by atoms with Crippen molar-refractivity contribution in [3.8, 4) is 33.4 Å². The molecular formula is C30H18N2O. The molecule has 0 aliphatic rings. The van der Waals surface area contributed by atoms with E-state index in [1.807, 2.05) is 36.5 Å². The molecule has 33 heavy (non-hydrogen) atoms. The van der Waals surface area contributed by atoms with Gasteiger partial charge in [0.2, 0.25) is 0 Å². The van der Waals surface area contributed by atoms with Gasteiger partial charge in [-0.25, -0.2) is 4.85 Å². The van der Waals surface area contributed by atoms with Crippen LogP contribution in [0, 0.1) is 6.57 Å². The lowest BCUT2D eigenvalue weighted by Crippen LogP contribution is -1.81. The Morgan fingerprint density at radius 3 is 1.73 bits per heavy atom. The molecule has 6 rings (SSSR count). The van der Waals surface area contributed by atoms with Crippen molar-refractivity contribution in [3.63, 3.8) is 0 Å². The molecule has 0 aliphatic carbocycles. The maximum atomic E-state index is 7.12. The van der Waals surface area contributed by atoms with Crippen LogP contribution in [0.2, 0.25) is 0 Å². The molecule has 0 fully saturated rings. The second-order valence-corrected chi connectivity index (χ2v) is 7.94. The first-order chi connectivity index (χ1) is 16.3. The van der Waals surface area contributed by atoms with Gasteiger partial charge in [-0.05, 0) is 22.8 Å². The summed E-state index contributed by atoms with van der Waals surface area (Å²) in [5.74, 6) is 0. The number of benzene rings is 4. The molecule has 0 unspecified atom stereocenters.